The molecule has 3 nitrogen and oxygen atoms in total. The van der Waals surface area contributed by atoms with Crippen LogP contribution in [0.1, 0.15) is 55.5 Å². The Morgan fingerprint density at radius 1 is 1.24 bits per heavy atom. The van der Waals surface area contributed by atoms with Crippen LogP contribution < -0.4 is 10.6 Å². The van der Waals surface area contributed by atoms with E-state index in [2.05, 4.69) is 24.5 Å². The molecule has 0 aliphatic heterocycles. The van der Waals surface area contributed by atoms with Crippen LogP contribution in [0.4, 0.5) is 0 Å². The van der Waals surface area contributed by atoms with E-state index in [-0.39, 0.29) is 5.91 Å². The van der Waals surface area contributed by atoms with Crippen molar-refractivity contribution in [1.29, 1.82) is 0 Å². The number of hydrogen-bond acceptors (Lipinski definition) is 2. The number of likely N-dealkylation sites (N-methyl/N-ethyl adjacent to an activating group) is 1. The molecule has 21 heavy (non-hydrogen) atoms. The maximum absolute atomic E-state index is 12.4. The van der Waals surface area contributed by atoms with Gasteiger partial charge in [-0.25, -0.2) is 0 Å². The summed E-state index contributed by atoms with van der Waals surface area (Å²) in [5.41, 5.74) is 1.93. The van der Waals surface area contributed by atoms with Crippen molar-refractivity contribution >= 4 is 5.91 Å². The number of carbonyl (C=O) groups is 1. The summed E-state index contributed by atoms with van der Waals surface area (Å²) >= 11 is 0. The third-order valence-electron chi connectivity index (χ3n) is 4.00. The molecule has 0 spiro atoms. The van der Waals surface area contributed by atoms with Crippen LogP contribution in [-0.2, 0) is 6.42 Å². The van der Waals surface area contributed by atoms with Gasteiger partial charge >= 0.3 is 0 Å². The molecule has 1 aromatic carbocycles. The Hall–Kier alpha value is -1.35. The first-order chi connectivity index (χ1) is 10.2. The number of unbranched alkanes of at least 4 members (excludes halogenated alkanes) is 1. The van der Waals surface area contributed by atoms with Crippen molar-refractivity contribution in [3.8, 4) is 0 Å². The molecule has 1 unspecified atom stereocenters. The molecule has 0 radical (unpaired) electrons. The van der Waals surface area contributed by atoms with Gasteiger partial charge in [-0.2, -0.15) is 0 Å². The Labute approximate surface area is 129 Å². The molecule has 3 heteroatoms. The smallest absolute Gasteiger partial charge is 0.251 e. The molecular weight excluding hydrogens is 260 g/mol. The predicted molar refractivity (Wildman–Crippen MR) is 89.7 cm³/mol. The van der Waals surface area contributed by atoms with Crippen molar-refractivity contribution in [3.63, 3.8) is 0 Å². The quantitative estimate of drug-likeness (QED) is 0.693. The van der Waals surface area contributed by atoms with Crippen LogP contribution in [0.3, 0.4) is 0 Å². The number of carbonyl (C=O) groups excluding carboxylic acids is 1. The number of amides is 1. The molecule has 0 aromatic heterocycles. The maximum Gasteiger partial charge on any atom is 0.251 e. The molecule has 0 saturated carbocycles. The summed E-state index contributed by atoms with van der Waals surface area (Å²) in [6.45, 7) is 6.09. The lowest BCUT2D eigenvalue weighted by atomic mass is 9.99. The van der Waals surface area contributed by atoms with E-state index in [1.165, 1.54) is 19.3 Å². The molecule has 0 fully saturated rings. The van der Waals surface area contributed by atoms with E-state index in [1.807, 2.05) is 31.3 Å². The third kappa shape index (κ3) is 6.30. The van der Waals surface area contributed by atoms with E-state index in [0.717, 1.165) is 37.1 Å². The summed E-state index contributed by atoms with van der Waals surface area (Å²) in [5, 5.41) is 6.25. The van der Waals surface area contributed by atoms with Crippen molar-refractivity contribution in [2.24, 2.45) is 5.92 Å². The minimum atomic E-state index is 0.0663. The first-order valence-electron chi connectivity index (χ1n) is 8.23. The fourth-order valence-electron chi connectivity index (χ4n) is 2.50. The summed E-state index contributed by atoms with van der Waals surface area (Å²) in [4.78, 5) is 12.4. The van der Waals surface area contributed by atoms with Gasteiger partial charge in [-0.15, -0.1) is 0 Å². The molecule has 0 aliphatic carbocycles. The van der Waals surface area contributed by atoms with Crippen LogP contribution in [0.2, 0.25) is 0 Å². The molecule has 1 amide bonds. The first-order valence-corrected chi connectivity index (χ1v) is 8.23. The van der Waals surface area contributed by atoms with Gasteiger partial charge in [0.15, 0.2) is 0 Å². The molecule has 1 rings (SSSR count). The molecule has 0 bridgehead atoms. The van der Waals surface area contributed by atoms with Gasteiger partial charge in [-0.05, 0) is 44.0 Å². The highest BCUT2D eigenvalue weighted by Crippen LogP contribution is 2.13. The highest BCUT2D eigenvalue weighted by Gasteiger charge is 2.12. The third-order valence-corrected chi connectivity index (χ3v) is 4.00. The summed E-state index contributed by atoms with van der Waals surface area (Å²) in [5.74, 6) is 0.662. The van der Waals surface area contributed by atoms with E-state index < -0.39 is 0 Å². The molecule has 0 saturated heterocycles. The molecule has 1 aromatic rings. The van der Waals surface area contributed by atoms with Crippen molar-refractivity contribution in [2.75, 3.05) is 20.1 Å². The molecule has 0 heterocycles. The van der Waals surface area contributed by atoms with Gasteiger partial charge in [-0.3, -0.25) is 4.79 Å². The van der Waals surface area contributed by atoms with Crippen molar-refractivity contribution in [3.05, 3.63) is 35.4 Å². The minimum Gasteiger partial charge on any atom is -0.352 e. The Bertz CT molecular complexity index is 417. The lowest BCUT2D eigenvalue weighted by Gasteiger charge is -2.16. The van der Waals surface area contributed by atoms with Crippen molar-refractivity contribution < 1.29 is 4.79 Å². The monoisotopic (exact) mass is 290 g/mol. The predicted octanol–water partition coefficient (Wildman–Crippen LogP) is 3.39. The average Bonchev–Trinajstić information content (AvgIpc) is 2.53. The molecular formula is C18H30N2O. The van der Waals surface area contributed by atoms with Crippen LogP contribution in [0.15, 0.2) is 24.3 Å². The van der Waals surface area contributed by atoms with Crippen LogP contribution in [0.5, 0.6) is 0 Å². The lowest BCUT2D eigenvalue weighted by Crippen LogP contribution is -2.30. The largest absolute Gasteiger partial charge is 0.352 e. The zero-order valence-corrected chi connectivity index (χ0v) is 13.7. The standard InChI is InChI=1S/C18H30N2O/c1-4-6-9-15(5-2)14-20-18(21)17-11-8-7-10-16(17)12-13-19-3/h7-8,10-11,15,19H,4-6,9,12-14H2,1-3H3,(H,20,21). The second kappa shape index (κ2) is 10.4. The summed E-state index contributed by atoms with van der Waals surface area (Å²) in [6.07, 6.45) is 5.67. The zero-order valence-electron chi connectivity index (χ0n) is 13.7. The Kier molecular flexibility index (Phi) is 8.76. The molecule has 118 valence electrons. The number of nitrogens with one attached hydrogen (secondary N) is 2. The lowest BCUT2D eigenvalue weighted by molar-refractivity contribution is 0.0945. The highest BCUT2D eigenvalue weighted by atomic mass is 16.1. The van der Waals surface area contributed by atoms with Crippen LogP contribution in [0.25, 0.3) is 0 Å². The molecule has 2 N–H and O–H groups in total. The van der Waals surface area contributed by atoms with Crippen LogP contribution in [0, 0.1) is 5.92 Å². The summed E-state index contributed by atoms with van der Waals surface area (Å²) < 4.78 is 0. The topological polar surface area (TPSA) is 41.1 Å². The van der Waals surface area contributed by atoms with Gasteiger partial charge in [0.05, 0.1) is 0 Å². The van der Waals surface area contributed by atoms with Gasteiger partial charge in [0.2, 0.25) is 0 Å². The first kappa shape index (κ1) is 17.7. The van der Waals surface area contributed by atoms with Gasteiger partial charge in [-0.1, -0.05) is 51.3 Å². The second-order valence-corrected chi connectivity index (χ2v) is 5.64. The van der Waals surface area contributed by atoms with E-state index in [4.69, 9.17) is 0 Å². The van der Waals surface area contributed by atoms with E-state index in [1.54, 1.807) is 0 Å². The van der Waals surface area contributed by atoms with Crippen LogP contribution in [-0.4, -0.2) is 26.0 Å². The fourth-order valence-corrected chi connectivity index (χ4v) is 2.50. The normalized spacial score (nSPS) is 12.1. The molecule has 1 atom stereocenters. The zero-order chi connectivity index (χ0) is 15.5. The van der Waals surface area contributed by atoms with Crippen molar-refractivity contribution in [1.82, 2.24) is 10.6 Å². The second-order valence-electron chi connectivity index (χ2n) is 5.64. The summed E-state index contributed by atoms with van der Waals surface area (Å²) in [7, 11) is 1.93. The van der Waals surface area contributed by atoms with E-state index in [0.29, 0.717) is 5.92 Å². The van der Waals surface area contributed by atoms with Gasteiger partial charge in [0.25, 0.3) is 5.91 Å². The van der Waals surface area contributed by atoms with Crippen LogP contribution >= 0.6 is 0 Å². The fraction of sp³-hybridized carbons (Fsp3) is 0.611. The molecule has 0 aliphatic rings. The Balaban J connectivity index is 2.58. The number of hydrogen-bond donors (Lipinski definition) is 2. The number of rotatable bonds is 10. The summed E-state index contributed by atoms with van der Waals surface area (Å²) in [6, 6.07) is 7.90. The van der Waals surface area contributed by atoms with Gasteiger partial charge in [0, 0.05) is 12.1 Å². The van der Waals surface area contributed by atoms with E-state index in [9.17, 15) is 4.79 Å². The van der Waals surface area contributed by atoms with Gasteiger partial charge < -0.3 is 10.6 Å². The maximum atomic E-state index is 12.4. The SMILES string of the molecule is CCCCC(CC)CNC(=O)c1ccccc1CCNC. The highest BCUT2D eigenvalue weighted by molar-refractivity contribution is 5.95. The van der Waals surface area contributed by atoms with E-state index >= 15 is 0 Å². The van der Waals surface area contributed by atoms with Crippen molar-refractivity contribution in [2.45, 2.75) is 46.0 Å². The van der Waals surface area contributed by atoms with Gasteiger partial charge in [0.1, 0.15) is 0 Å². The average molecular weight is 290 g/mol. The minimum absolute atomic E-state index is 0.0663. The Morgan fingerprint density at radius 3 is 2.67 bits per heavy atom. The number of benzene rings is 1. The Morgan fingerprint density at radius 2 is 2.00 bits per heavy atom.